The van der Waals surface area contributed by atoms with E-state index in [0.717, 1.165) is 16.5 Å². The minimum atomic E-state index is -0.143. The number of nitrogens with zero attached hydrogens (tertiary/aromatic N) is 2. The van der Waals surface area contributed by atoms with E-state index in [9.17, 15) is 9.59 Å². The number of carbonyl (C=O) groups is 2. The third-order valence-electron chi connectivity index (χ3n) is 2.99. The van der Waals surface area contributed by atoms with Crippen LogP contribution in [0.1, 0.15) is 0 Å². The molecule has 0 unspecified atom stereocenters. The van der Waals surface area contributed by atoms with E-state index in [1.54, 1.807) is 12.4 Å². The van der Waals surface area contributed by atoms with Crippen LogP contribution in [0.5, 0.6) is 0 Å². The molecule has 1 aliphatic heterocycles. The summed E-state index contributed by atoms with van der Waals surface area (Å²) in [6, 6.07) is 7.54. The number of fused-ring (bicyclic) bond motifs is 1. The molecular weight excluding hydrogens is 230 g/mol. The van der Waals surface area contributed by atoms with Gasteiger partial charge in [0.1, 0.15) is 6.54 Å². The molecule has 2 aromatic rings. The number of piperazine rings is 1. The number of pyridine rings is 1. The van der Waals surface area contributed by atoms with Gasteiger partial charge in [-0.3, -0.25) is 14.6 Å². The van der Waals surface area contributed by atoms with Gasteiger partial charge in [-0.15, -0.1) is 0 Å². The molecule has 1 N–H and O–H groups in total. The van der Waals surface area contributed by atoms with E-state index >= 15 is 0 Å². The predicted molar refractivity (Wildman–Crippen MR) is 67.1 cm³/mol. The number of benzene rings is 1. The van der Waals surface area contributed by atoms with Crippen molar-refractivity contribution in [3.05, 3.63) is 36.7 Å². The van der Waals surface area contributed by atoms with E-state index in [1.807, 2.05) is 24.3 Å². The number of anilines is 1. The fraction of sp³-hybridized carbons (Fsp3) is 0.154. The first kappa shape index (κ1) is 10.7. The maximum Gasteiger partial charge on any atom is 0.246 e. The molecule has 3 rings (SSSR count). The lowest BCUT2D eigenvalue weighted by Crippen LogP contribution is -2.51. The van der Waals surface area contributed by atoms with Crippen LogP contribution in [-0.4, -0.2) is 29.9 Å². The van der Waals surface area contributed by atoms with Crippen LogP contribution in [0.4, 0.5) is 5.69 Å². The summed E-state index contributed by atoms with van der Waals surface area (Å²) in [5.74, 6) is -0.249. The summed E-state index contributed by atoms with van der Waals surface area (Å²) in [5, 5.41) is 4.41. The molecule has 1 saturated heterocycles. The Kier molecular flexibility index (Phi) is 2.44. The Morgan fingerprint density at radius 2 is 2.11 bits per heavy atom. The molecule has 0 spiro atoms. The van der Waals surface area contributed by atoms with Crippen molar-refractivity contribution in [3.8, 4) is 0 Å². The van der Waals surface area contributed by atoms with E-state index in [4.69, 9.17) is 0 Å². The molecule has 1 aliphatic rings. The second kappa shape index (κ2) is 4.10. The van der Waals surface area contributed by atoms with Crippen molar-refractivity contribution in [2.45, 2.75) is 0 Å². The van der Waals surface area contributed by atoms with E-state index < -0.39 is 0 Å². The van der Waals surface area contributed by atoms with Crippen LogP contribution in [0.15, 0.2) is 36.7 Å². The summed E-state index contributed by atoms with van der Waals surface area (Å²) in [5.41, 5.74) is 0.737. The number of hydrogen-bond donors (Lipinski definition) is 1. The maximum atomic E-state index is 11.9. The molecule has 0 saturated carbocycles. The lowest BCUT2D eigenvalue weighted by atomic mass is 10.1. The molecule has 1 aromatic heterocycles. The molecule has 0 bridgehead atoms. The van der Waals surface area contributed by atoms with Gasteiger partial charge in [-0.25, -0.2) is 0 Å². The number of nitrogens with one attached hydrogen (secondary N) is 1. The van der Waals surface area contributed by atoms with Crippen molar-refractivity contribution in [1.29, 1.82) is 0 Å². The molecule has 0 atom stereocenters. The molecule has 1 aromatic carbocycles. The SMILES string of the molecule is O=C1CN(c2cccc3ccncc23)C(=O)CN1. The van der Waals surface area contributed by atoms with Crippen molar-refractivity contribution in [2.75, 3.05) is 18.0 Å². The number of carbonyl (C=O) groups excluding carboxylic acids is 2. The van der Waals surface area contributed by atoms with Crippen LogP contribution in [0, 0.1) is 0 Å². The quantitative estimate of drug-likeness (QED) is 0.799. The Morgan fingerprint density at radius 1 is 1.22 bits per heavy atom. The van der Waals surface area contributed by atoms with E-state index in [0.29, 0.717) is 0 Å². The van der Waals surface area contributed by atoms with Crippen molar-refractivity contribution in [3.63, 3.8) is 0 Å². The highest BCUT2D eigenvalue weighted by molar-refractivity contribution is 6.09. The van der Waals surface area contributed by atoms with Crippen LogP contribution in [0.25, 0.3) is 10.8 Å². The molecule has 1 fully saturated rings. The van der Waals surface area contributed by atoms with Crippen molar-refractivity contribution in [2.24, 2.45) is 0 Å². The average Bonchev–Trinajstić information content (AvgIpc) is 2.41. The highest BCUT2D eigenvalue weighted by atomic mass is 16.2. The number of hydrogen-bond acceptors (Lipinski definition) is 3. The van der Waals surface area contributed by atoms with Crippen molar-refractivity contribution >= 4 is 28.3 Å². The van der Waals surface area contributed by atoms with Crippen LogP contribution in [-0.2, 0) is 9.59 Å². The van der Waals surface area contributed by atoms with Crippen molar-refractivity contribution < 1.29 is 9.59 Å². The smallest absolute Gasteiger partial charge is 0.246 e. The molecule has 0 radical (unpaired) electrons. The Bertz CT molecular complexity index is 634. The van der Waals surface area contributed by atoms with Crippen LogP contribution >= 0.6 is 0 Å². The van der Waals surface area contributed by atoms with Gasteiger partial charge in [-0.2, -0.15) is 0 Å². The van der Waals surface area contributed by atoms with Gasteiger partial charge in [0.05, 0.1) is 12.2 Å². The van der Waals surface area contributed by atoms with Gasteiger partial charge in [0.2, 0.25) is 11.8 Å². The first-order chi connectivity index (χ1) is 8.75. The number of aromatic nitrogens is 1. The molecule has 18 heavy (non-hydrogen) atoms. The Balaban J connectivity index is 2.13. The van der Waals surface area contributed by atoms with Gasteiger partial charge in [-0.05, 0) is 17.5 Å². The minimum absolute atomic E-state index is 0.0511. The topological polar surface area (TPSA) is 62.3 Å². The zero-order valence-corrected chi connectivity index (χ0v) is 9.59. The van der Waals surface area contributed by atoms with Gasteiger partial charge in [0, 0.05) is 17.8 Å². The molecular formula is C13H11N3O2. The zero-order chi connectivity index (χ0) is 12.5. The summed E-state index contributed by atoms with van der Waals surface area (Å²) in [6.07, 6.45) is 3.42. The predicted octanol–water partition coefficient (Wildman–Crippen LogP) is 0.698. The summed E-state index contributed by atoms with van der Waals surface area (Å²) in [6.45, 7) is 0.113. The van der Waals surface area contributed by atoms with Gasteiger partial charge in [-0.1, -0.05) is 12.1 Å². The van der Waals surface area contributed by atoms with Crippen LogP contribution in [0.3, 0.4) is 0 Å². The van der Waals surface area contributed by atoms with Gasteiger partial charge >= 0.3 is 0 Å². The first-order valence-electron chi connectivity index (χ1n) is 5.65. The normalized spacial score (nSPS) is 15.9. The highest BCUT2D eigenvalue weighted by Gasteiger charge is 2.25. The lowest BCUT2D eigenvalue weighted by molar-refractivity contribution is -0.128. The molecule has 5 heteroatoms. The van der Waals surface area contributed by atoms with Crippen molar-refractivity contribution in [1.82, 2.24) is 10.3 Å². The maximum absolute atomic E-state index is 11.9. The molecule has 0 aliphatic carbocycles. The summed E-state index contributed by atoms with van der Waals surface area (Å²) in [7, 11) is 0. The summed E-state index contributed by atoms with van der Waals surface area (Å²) in [4.78, 5) is 28.9. The van der Waals surface area contributed by atoms with Crippen LogP contribution < -0.4 is 10.2 Å². The number of rotatable bonds is 1. The molecule has 2 amide bonds. The molecule has 90 valence electrons. The monoisotopic (exact) mass is 241 g/mol. The van der Waals surface area contributed by atoms with E-state index in [2.05, 4.69) is 10.3 Å². The third-order valence-corrected chi connectivity index (χ3v) is 2.99. The minimum Gasteiger partial charge on any atom is -0.345 e. The Morgan fingerprint density at radius 3 is 3.00 bits per heavy atom. The number of amides is 2. The molecule has 5 nitrogen and oxygen atoms in total. The average molecular weight is 241 g/mol. The second-order valence-electron chi connectivity index (χ2n) is 4.13. The van der Waals surface area contributed by atoms with Gasteiger partial charge < -0.3 is 10.2 Å². The molecule has 2 heterocycles. The fourth-order valence-electron chi connectivity index (χ4n) is 2.11. The second-order valence-corrected chi connectivity index (χ2v) is 4.13. The lowest BCUT2D eigenvalue weighted by Gasteiger charge is -2.27. The summed E-state index contributed by atoms with van der Waals surface area (Å²) < 4.78 is 0. The zero-order valence-electron chi connectivity index (χ0n) is 9.59. The summed E-state index contributed by atoms with van der Waals surface area (Å²) >= 11 is 0. The standard InChI is InChI=1S/C13H11N3O2/c17-12-8-16(13(18)7-15-12)11-3-1-2-9-4-5-14-6-10(9)11/h1-6H,7-8H2,(H,15,17). The third kappa shape index (κ3) is 1.69. The van der Waals surface area contributed by atoms with Gasteiger partial charge in [0.25, 0.3) is 0 Å². The van der Waals surface area contributed by atoms with E-state index in [-0.39, 0.29) is 24.9 Å². The highest BCUT2D eigenvalue weighted by Crippen LogP contribution is 2.26. The fourth-order valence-corrected chi connectivity index (χ4v) is 2.11. The van der Waals surface area contributed by atoms with Gasteiger partial charge in [0.15, 0.2) is 0 Å². The largest absolute Gasteiger partial charge is 0.345 e. The first-order valence-corrected chi connectivity index (χ1v) is 5.65. The van der Waals surface area contributed by atoms with E-state index in [1.165, 1.54) is 4.90 Å². The Hall–Kier alpha value is -2.43. The Labute approximate surface area is 103 Å². The van der Waals surface area contributed by atoms with Crippen LogP contribution in [0.2, 0.25) is 0 Å².